The summed E-state index contributed by atoms with van der Waals surface area (Å²) < 4.78 is 4.83. The maximum atomic E-state index is 10.4. The number of hydrogen-bond acceptors (Lipinski definition) is 2. The molecule has 0 bridgehead atoms. The minimum Gasteiger partial charge on any atom is -0.459 e. The van der Waals surface area contributed by atoms with Gasteiger partial charge in [0.2, 0.25) is 0 Å². The van der Waals surface area contributed by atoms with Gasteiger partial charge < -0.3 is 4.74 Å². The molecular weight excluding hydrogens is 140 g/mol. The van der Waals surface area contributed by atoms with Crippen LogP contribution in [0.3, 0.4) is 0 Å². The largest absolute Gasteiger partial charge is 0.459 e. The Morgan fingerprint density at radius 2 is 2.09 bits per heavy atom. The molecule has 0 spiro atoms. The van der Waals surface area contributed by atoms with Crippen LogP contribution in [-0.2, 0) is 9.53 Å². The van der Waals surface area contributed by atoms with Crippen LogP contribution in [0.5, 0.6) is 0 Å². The second kappa shape index (κ2) is 4.72. The third-order valence-electron chi connectivity index (χ3n) is 1.00. The highest BCUT2D eigenvalue weighted by Gasteiger charge is 1.98. The van der Waals surface area contributed by atoms with E-state index in [0.717, 1.165) is 5.57 Å². The molecule has 0 amide bonds. The summed E-state index contributed by atoms with van der Waals surface area (Å²) >= 11 is 0. The standard InChI is InChI=1S/C9H14O2/c1-7(2)5-6-8(3)11-9(4)10/h5-6,8H,1H2,2-4H3. The van der Waals surface area contributed by atoms with Crippen molar-refractivity contribution in [3.63, 3.8) is 0 Å². The Labute approximate surface area is 67.6 Å². The van der Waals surface area contributed by atoms with Gasteiger partial charge in [0, 0.05) is 6.92 Å². The summed E-state index contributed by atoms with van der Waals surface area (Å²) in [5.74, 6) is -0.260. The van der Waals surface area contributed by atoms with Gasteiger partial charge in [0.15, 0.2) is 0 Å². The molecule has 0 fully saturated rings. The Hall–Kier alpha value is -1.05. The lowest BCUT2D eigenvalue weighted by Gasteiger charge is -2.05. The molecule has 0 N–H and O–H groups in total. The predicted octanol–water partition coefficient (Wildman–Crippen LogP) is 2.07. The van der Waals surface area contributed by atoms with Crippen molar-refractivity contribution >= 4 is 5.97 Å². The molecule has 0 aromatic carbocycles. The fraction of sp³-hybridized carbons (Fsp3) is 0.444. The van der Waals surface area contributed by atoms with Gasteiger partial charge in [0.25, 0.3) is 0 Å². The van der Waals surface area contributed by atoms with Gasteiger partial charge in [-0.3, -0.25) is 4.79 Å². The monoisotopic (exact) mass is 154 g/mol. The van der Waals surface area contributed by atoms with Crippen LogP contribution in [0.4, 0.5) is 0 Å². The zero-order valence-corrected chi connectivity index (χ0v) is 7.26. The summed E-state index contributed by atoms with van der Waals surface area (Å²) in [5, 5.41) is 0. The molecule has 0 aromatic rings. The fourth-order valence-electron chi connectivity index (χ4n) is 0.601. The lowest BCUT2D eigenvalue weighted by Crippen LogP contribution is -2.08. The van der Waals surface area contributed by atoms with Crippen molar-refractivity contribution in [3.05, 3.63) is 24.3 Å². The fourth-order valence-corrected chi connectivity index (χ4v) is 0.601. The molecule has 0 aliphatic heterocycles. The minimum atomic E-state index is -0.260. The van der Waals surface area contributed by atoms with Gasteiger partial charge in [0.1, 0.15) is 6.10 Å². The van der Waals surface area contributed by atoms with Gasteiger partial charge in [-0.25, -0.2) is 0 Å². The van der Waals surface area contributed by atoms with E-state index in [2.05, 4.69) is 6.58 Å². The molecule has 0 aliphatic rings. The molecule has 0 rings (SSSR count). The van der Waals surface area contributed by atoms with Gasteiger partial charge in [-0.15, -0.1) is 0 Å². The van der Waals surface area contributed by atoms with Crippen LogP contribution in [0.25, 0.3) is 0 Å². The molecule has 0 aromatic heterocycles. The van der Waals surface area contributed by atoms with Gasteiger partial charge >= 0.3 is 5.97 Å². The van der Waals surface area contributed by atoms with Crippen molar-refractivity contribution in [1.29, 1.82) is 0 Å². The number of esters is 1. The summed E-state index contributed by atoms with van der Waals surface area (Å²) in [7, 11) is 0. The van der Waals surface area contributed by atoms with E-state index in [1.165, 1.54) is 6.92 Å². The lowest BCUT2D eigenvalue weighted by molar-refractivity contribution is -0.143. The van der Waals surface area contributed by atoms with Crippen molar-refractivity contribution in [2.75, 3.05) is 0 Å². The molecule has 0 aliphatic carbocycles. The van der Waals surface area contributed by atoms with Gasteiger partial charge in [-0.2, -0.15) is 0 Å². The van der Waals surface area contributed by atoms with E-state index in [-0.39, 0.29) is 12.1 Å². The summed E-state index contributed by atoms with van der Waals surface area (Å²) in [6.45, 7) is 8.77. The molecule has 62 valence electrons. The molecule has 1 atom stereocenters. The summed E-state index contributed by atoms with van der Waals surface area (Å²) in [6, 6.07) is 0. The Morgan fingerprint density at radius 3 is 2.45 bits per heavy atom. The average Bonchev–Trinajstić information content (AvgIpc) is 1.82. The van der Waals surface area contributed by atoms with E-state index in [1.807, 2.05) is 13.0 Å². The lowest BCUT2D eigenvalue weighted by atomic mass is 10.2. The van der Waals surface area contributed by atoms with Gasteiger partial charge in [-0.1, -0.05) is 18.2 Å². The summed E-state index contributed by atoms with van der Waals surface area (Å²) in [5.41, 5.74) is 0.948. The van der Waals surface area contributed by atoms with Crippen LogP contribution in [0.15, 0.2) is 24.3 Å². The molecule has 0 radical (unpaired) electrons. The van der Waals surface area contributed by atoms with Crippen molar-refractivity contribution < 1.29 is 9.53 Å². The highest BCUT2D eigenvalue weighted by molar-refractivity contribution is 5.66. The first kappa shape index (κ1) is 9.95. The topological polar surface area (TPSA) is 26.3 Å². The smallest absolute Gasteiger partial charge is 0.303 e. The maximum absolute atomic E-state index is 10.4. The Kier molecular flexibility index (Phi) is 4.27. The van der Waals surface area contributed by atoms with Crippen LogP contribution in [-0.4, -0.2) is 12.1 Å². The van der Waals surface area contributed by atoms with E-state index in [4.69, 9.17) is 4.74 Å². The number of carbonyl (C=O) groups is 1. The van der Waals surface area contributed by atoms with Crippen molar-refractivity contribution in [3.8, 4) is 0 Å². The van der Waals surface area contributed by atoms with Crippen molar-refractivity contribution in [2.45, 2.75) is 26.9 Å². The van der Waals surface area contributed by atoms with Gasteiger partial charge in [0.05, 0.1) is 0 Å². The zero-order chi connectivity index (χ0) is 8.85. The molecule has 2 nitrogen and oxygen atoms in total. The highest BCUT2D eigenvalue weighted by Crippen LogP contribution is 1.96. The third-order valence-corrected chi connectivity index (χ3v) is 1.00. The number of ether oxygens (including phenoxy) is 1. The molecule has 0 heterocycles. The van der Waals surface area contributed by atoms with Crippen molar-refractivity contribution in [1.82, 2.24) is 0 Å². The first-order valence-electron chi connectivity index (χ1n) is 3.53. The van der Waals surface area contributed by atoms with Crippen LogP contribution in [0.2, 0.25) is 0 Å². The minimum absolute atomic E-state index is 0.163. The molecule has 1 unspecified atom stereocenters. The molecule has 2 heteroatoms. The number of carbonyl (C=O) groups excluding carboxylic acids is 1. The molecular formula is C9H14O2. The van der Waals surface area contributed by atoms with Crippen LogP contribution in [0.1, 0.15) is 20.8 Å². The number of allylic oxidation sites excluding steroid dienone is 2. The first-order valence-corrected chi connectivity index (χ1v) is 3.53. The van der Waals surface area contributed by atoms with E-state index >= 15 is 0 Å². The van der Waals surface area contributed by atoms with Gasteiger partial charge in [-0.05, 0) is 19.9 Å². The van der Waals surface area contributed by atoms with E-state index in [9.17, 15) is 4.79 Å². The van der Waals surface area contributed by atoms with E-state index in [0.29, 0.717) is 0 Å². The quantitative estimate of drug-likeness (QED) is 0.459. The zero-order valence-electron chi connectivity index (χ0n) is 7.26. The normalized spacial score (nSPS) is 13.0. The predicted molar refractivity (Wildman–Crippen MR) is 45.2 cm³/mol. The third kappa shape index (κ3) is 6.84. The van der Waals surface area contributed by atoms with Crippen LogP contribution < -0.4 is 0 Å². The molecule has 11 heavy (non-hydrogen) atoms. The second-order valence-electron chi connectivity index (χ2n) is 2.52. The van der Waals surface area contributed by atoms with Crippen LogP contribution in [0, 0.1) is 0 Å². The molecule has 0 saturated carbocycles. The number of rotatable bonds is 3. The summed E-state index contributed by atoms with van der Waals surface area (Å²) in [6.07, 6.45) is 3.46. The average molecular weight is 154 g/mol. The Balaban J connectivity index is 3.77. The Morgan fingerprint density at radius 1 is 1.55 bits per heavy atom. The van der Waals surface area contributed by atoms with Crippen molar-refractivity contribution in [2.24, 2.45) is 0 Å². The molecule has 0 saturated heterocycles. The summed E-state index contributed by atoms with van der Waals surface area (Å²) in [4.78, 5) is 10.4. The first-order chi connectivity index (χ1) is 5.02. The maximum Gasteiger partial charge on any atom is 0.303 e. The SMILES string of the molecule is C=C(C)C=CC(C)OC(C)=O. The van der Waals surface area contributed by atoms with E-state index in [1.54, 1.807) is 13.0 Å². The Bertz CT molecular complexity index is 180. The highest BCUT2D eigenvalue weighted by atomic mass is 16.5. The van der Waals surface area contributed by atoms with E-state index < -0.39 is 0 Å². The van der Waals surface area contributed by atoms with Crippen LogP contribution >= 0.6 is 0 Å². The number of hydrogen-bond donors (Lipinski definition) is 0. The second-order valence-corrected chi connectivity index (χ2v) is 2.52.